The third-order valence-electron chi connectivity index (χ3n) is 5.52. The first-order chi connectivity index (χ1) is 18.2. The molecule has 0 aromatic heterocycles. The van der Waals surface area contributed by atoms with E-state index < -0.39 is 16.0 Å². The smallest absolute Gasteiger partial charge is 0.339 e. The highest BCUT2D eigenvalue weighted by atomic mass is 32.2. The molecule has 1 saturated heterocycles. The first kappa shape index (κ1) is 27.3. The van der Waals surface area contributed by atoms with Crippen molar-refractivity contribution in [3.8, 4) is 17.2 Å². The highest BCUT2D eigenvalue weighted by Gasteiger charge is 2.35. The van der Waals surface area contributed by atoms with Crippen molar-refractivity contribution in [1.29, 1.82) is 0 Å². The van der Waals surface area contributed by atoms with Crippen LogP contribution in [0, 0.1) is 13.8 Å². The number of benzene rings is 3. The molecule has 0 N–H and O–H groups in total. The number of amides is 2. The van der Waals surface area contributed by atoms with Crippen LogP contribution in [0.2, 0.25) is 0 Å². The molecule has 198 valence electrons. The molecule has 1 fully saturated rings. The van der Waals surface area contributed by atoms with Crippen LogP contribution in [0.15, 0.2) is 76.5 Å². The van der Waals surface area contributed by atoms with E-state index >= 15 is 0 Å². The van der Waals surface area contributed by atoms with Crippen LogP contribution >= 0.6 is 11.8 Å². The molecule has 0 atom stereocenters. The van der Waals surface area contributed by atoms with Crippen LogP contribution in [-0.4, -0.2) is 44.2 Å². The van der Waals surface area contributed by atoms with Crippen LogP contribution in [0.1, 0.15) is 23.6 Å². The van der Waals surface area contributed by atoms with Crippen molar-refractivity contribution >= 4 is 39.1 Å². The van der Waals surface area contributed by atoms with Gasteiger partial charge in [-0.05, 0) is 86.1 Å². The Balaban J connectivity index is 1.48. The SMILES string of the molecule is CCOc1cc(/C=C2\SC(=O)N(CCOc3cccc(C)c3)C2=O)ccc1OS(=O)(=O)c1ccc(C)cc1. The first-order valence-corrected chi connectivity index (χ1v) is 14.1. The van der Waals surface area contributed by atoms with Gasteiger partial charge in [0, 0.05) is 0 Å². The number of nitrogens with zero attached hydrogens (tertiary/aromatic N) is 1. The number of carbonyl (C=O) groups excluding carboxylic acids is 2. The van der Waals surface area contributed by atoms with E-state index in [4.69, 9.17) is 13.7 Å². The number of aryl methyl sites for hydroxylation is 2. The highest BCUT2D eigenvalue weighted by molar-refractivity contribution is 8.18. The predicted octanol–water partition coefficient (Wildman–Crippen LogP) is 5.59. The molecule has 38 heavy (non-hydrogen) atoms. The Morgan fingerprint density at radius 1 is 0.895 bits per heavy atom. The Kier molecular flexibility index (Phi) is 8.43. The quantitative estimate of drug-likeness (QED) is 0.237. The first-order valence-electron chi connectivity index (χ1n) is 11.9. The molecule has 0 saturated carbocycles. The van der Waals surface area contributed by atoms with Gasteiger partial charge in [-0.25, -0.2) is 0 Å². The summed E-state index contributed by atoms with van der Waals surface area (Å²) in [5.74, 6) is 0.462. The van der Waals surface area contributed by atoms with E-state index in [1.165, 1.54) is 18.2 Å². The van der Waals surface area contributed by atoms with Crippen molar-refractivity contribution in [1.82, 2.24) is 4.90 Å². The minimum absolute atomic E-state index is 0.0194. The van der Waals surface area contributed by atoms with Crippen LogP contribution < -0.4 is 13.7 Å². The van der Waals surface area contributed by atoms with Crippen LogP contribution in [-0.2, 0) is 14.9 Å². The molecule has 0 unspecified atom stereocenters. The summed E-state index contributed by atoms with van der Waals surface area (Å²) in [7, 11) is -4.08. The summed E-state index contributed by atoms with van der Waals surface area (Å²) in [6.45, 7) is 6.12. The number of rotatable bonds is 10. The van der Waals surface area contributed by atoms with Gasteiger partial charge in [-0.1, -0.05) is 35.9 Å². The van der Waals surface area contributed by atoms with E-state index in [-0.39, 0.29) is 46.3 Å². The van der Waals surface area contributed by atoms with Gasteiger partial charge in [0.05, 0.1) is 18.1 Å². The van der Waals surface area contributed by atoms with Crippen LogP contribution in [0.25, 0.3) is 6.08 Å². The van der Waals surface area contributed by atoms with Crippen molar-refractivity contribution < 1.29 is 31.7 Å². The normalized spacial score (nSPS) is 14.7. The Bertz CT molecular complexity index is 1480. The zero-order chi connectivity index (χ0) is 27.3. The molecule has 4 rings (SSSR count). The second-order valence-corrected chi connectivity index (χ2v) is 11.0. The van der Waals surface area contributed by atoms with Crippen molar-refractivity contribution in [2.24, 2.45) is 0 Å². The minimum Gasteiger partial charge on any atom is -0.492 e. The third kappa shape index (κ3) is 6.56. The fourth-order valence-electron chi connectivity index (χ4n) is 3.63. The lowest BCUT2D eigenvalue weighted by Gasteiger charge is -2.13. The monoisotopic (exact) mass is 553 g/mol. The zero-order valence-corrected chi connectivity index (χ0v) is 22.8. The predicted molar refractivity (Wildman–Crippen MR) is 146 cm³/mol. The summed E-state index contributed by atoms with van der Waals surface area (Å²) in [5.41, 5.74) is 2.52. The van der Waals surface area contributed by atoms with E-state index in [1.54, 1.807) is 37.3 Å². The minimum atomic E-state index is -4.08. The lowest BCUT2D eigenvalue weighted by molar-refractivity contribution is -0.123. The van der Waals surface area contributed by atoms with Gasteiger partial charge in [0.25, 0.3) is 11.1 Å². The second-order valence-electron chi connectivity index (χ2n) is 8.49. The zero-order valence-electron chi connectivity index (χ0n) is 21.2. The summed E-state index contributed by atoms with van der Waals surface area (Å²) >= 11 is 0.832. The van der Waals surface area contributed by atoms with Crippen molar-refractivity contribution in [3.63, 3.8) is 0 Å². The molecule has 10 heteroatoms. The molecule has 0 bridgehead atoms. The maximum atomic E-state index is 12.9. The van der Waals surface area contributed by atoms with Crippen molar-refractivity contribution in [2.75, 3.05) is 19.8 Å². The van der Waals surface area contributed by atoms with Crippen LogP contribution in [0.3, 0.4) is 0 Å². The molecule has 0 spiro atoms. The number of imide groups is 1. The lowest BCUT2D eigenvalue weighted by atomic mass is 10.2. The standard InChI is InChI=1S/C28H27NO7S2/c1-4-34-25-17-21(10-13-24(25)36-38(32,33)23-11-8-19(2)9-12-23)18-26-27(30)29(28(31)37-26)14-15-35-22-7-5-6-20(3)16-22/h5-13,16-18H,4,14-15H2,1-3H3/b26-18-. The molecule has 0 radical (unpaired) electrons. The Labute approximate surface area is 226 Å². The molecule has 3 aromatic carbocycles. The molecule has 3 aromatic rings. The Morgan fingerprint density at radius 2 is 1.66 bits per heavy atom. The summed E-state index contributed by atoms with van der Waals surface area (Å²) in [4.78, 5) is 26.8. The van der Waals surface area contributed by atoms with Gasteiger partial charge in [0.2, 0.25) is 0 Å². The number of carbonyl (C=O) groups is 2. The van der Waals surface area contributed by atoms with E-state index in [0.29, 0.717) is 11.3 Å². The molecular formula is C28H27NO7S2. The van der Waals surface area contributed by atoms with Gasteiger partial charge >= 0.3 is 10.1 Å². The Hall–Kier alpha value is -3.76. The maximum Gasteiger partial charge on any atom is 0.339 e. The lowest BCUT2D eigenvalue weighted by Crippen LogP contribution is -2.32. The molecule has 8 nitrogen and oxygen atoms in total. The van der Waals surface area contributed by atoms with Crippen LogP contribution in [0.5, 0.6) is 17.2 Å². The molecule has 1 aliphatic heterocycles. The van der Waals surface area contributed by atoms with Gasteiger partial charge < -0.3 is 13.7 Å². The molecule has 1 aliphatic rings. The number of thioether (sulfide) groups is 1. The number of hydrogen-bond acceptors (Lipinski definition) is 8. The third-order valence-corrected chi connectivity index (χ3v) is 7.68. The summed E-state index contributed by atoms with van der Waals surface area (Å²) in [6, 6.07) is 18.5. The van der Waals surface area contributed by atoms with Gasteiger partial charge in [-0.15, -0.1) is 0 Å². The van der Waals surface area contributed by atoms with E-state index in [2.05, 4.69) is 0 Å². The fourth-order valence-corrected chi connectivity index (χ4v) is 5.43. The van der Waals surface area contributed by atoms with Crippen molar-refractivity contribution in [2.45, 2.75) is 25.7 Å². The maximum absolute atomic E-state index is 12.9. The molecule has 0 aliphatic carbocycles. The average Bonchev–Trinajstić information content (AvgIpc) is 3.13. The van der Waals surface area contributed by atoms with Crippen molar-refractivity contribution in [3.05, 3.63) is 88.3 Å². The van der Waals surface area contributed by atoms with Gasteiger partial charge in [-0.3, -0.25) is 14.5 Å². The van der Waals surface area contributed by atoms with Crippen LogP contribution in [0.4, 0.5) is 4.79 Å². The Morgan fingerprint density at radius 3 is 2.37 bits per heavy atom. The van der Waals surface area contributed by atoms with Gasteiger partial charge in [0.1, 0.15) is 17.3 Å². The van der Waals surface area contributed by atoms with Gasteiger partial charge in [0.15, 0.2) is 11.5 Å². The molecule has 1 heterocycles. The van der Waals surface area contributed by atoms with E-state index in [0.717, 1.165) is 27.8 Å². The van der Waals surface area contributed by atoms with E-state index in [1.807, 2.05) is 38.1 Å². The largest absolute Gasteiger partial charge is 0.492 e. The molecular weight excluding hydrogens is 526 g/mol. The number of ether oxygens (including phenoxy) is 2. The molecule has 2 amide bonds. The summed E-state index contributed by atoms with van der Waals surface area (Å²) in [6.07, 6.45) is 1.56. The highest BCUT2D eigenvalue weighted by Crippen LogP contribution is 2.35. The summed E-state index contributed by atoms with van der Waals surface area (Å²) < 4.78 is 42.1. The number of hydrogen-bond donors (Lipinski definition) is 0. The average molecular weight is 554 g/mol. The second kappa shape index (κ2) is 11.7. The van der Waals surface area contributed by atoms with E-state index in [9.17, 15) is 18.0 Å². The van der Waals surface area contributed by atoms with Gasteiger partial charge in [-0.2, -0.15) is 8.42 Å². The topological polar surface area (TPSA) is 99.2 Å². The summed E-state index contributed by atoms with van der Waals surface area (Å²) in [5, 5.41) is -0.386. The fraction of sp³-hybridized carbons (Fsp3) is 0.214.